The summed E-state index contributed by atoms with van der Waals surface area (Å²) in [5.74, 6) is -0.242. The van der Waals surface area contributed by atoms with Crippen molar-refractivity contribution in [3.8, 4) is 0 Å². The van der Waals surface area contributed by atoms with E-state index in [1.165, 1.54) is 16.0 Å². The number of nitrogens with zero attached hydrogens (tertiary/aromatic N) is 3. The molecule has 24 heavy (non-hydrogen) atoms. The Morgan fingerprint density at radius 2 is 2.00 bits per heavy atom. The smallest absolute Gasteiger partial charge is 0.267 e. The van der Waals surface area contributed by atoms with Gasteiger partial charge in [0.2, 0.25) is 0 Å². The molecule has 1 unspecified atom stereocenters. The topological polar surface area (TPSA) is 76.9 Å². The molecule has 0 fully saturated rings. The molecule has 0 bridgehead atoms. The second-order valence-electron chi connectivity index (χ2n) is 6.51. The number of carbonyl (C=O) groups is 1. The SMILES string of the molecule is CC(C(=O)Nc1nc2c(s1)CCCC2)n1nc2c(cc1=O)CCC2. The summed E-state index contributed by atoms with van der Waals surface area (Å²) in [5, 5.41) is 7.90. The molecule has 1 atom stereocenters. The van der Waals surface area contributed by atoms with Crippen LogP contribution in [0.2, 0.25) is 0 Å². The summed E-state index contributed by atoms with van der Waals surface area (Å²) in [6, 6.07) is 0.977. The van der Waals surface area contributed by atoms with Gasteiger partial charge in [-0.15, -0.1) is 11.3 Å². The van der Waals surface area contributed by atoms with Crippen molar-refractivity contribution >= 4 is 22.4 Å². The van der Waals surface area contributed by atoms with Crippen molar-refractivity contribution in [2.24, 2.45) is 0 Å². The predicted octanol–water partition coefficient (Wildman–Crippen LogP) is 2.27. The minimum absolute atomic E-state index is 0.211. The van der Waals surface area contributed by atoms with Crippen LogP contribution >= 0.6 is 11.3 Å². The highest BCUT2D eigenvalue weighted by molar-refractivity contribution is 7.15. The second-order valence-corrected chi connectivity index (χ2v) is 7.60. The van der Waals surface area contributed by atoms with E-state index in [9.17, 15) is 9.59 Å². The minimum atomic E-state index is -0.649. The van der Waals surface area contributed by atoms with E-state index in [1.807, 2.05) is 0 Å². The molecule has 0 aromatic carbocycles. The molecule has 1 amide bonds. The molecule has 2 aromatic heterocycles. The van der Waals surface area contributed by atoms with Gasteiger partial charge < -0.3 is 5.32 Å². The Hall–Kier alpha value is -2.02. The molecule has 4 rings (SSSR count). The van der Waals surface area contributed by atoms with Crippen molar-refractivity contribution in [1.82, 2.24) is 14.8 Å². The Labute approximate surface area is 143 Å². The fourth-order valence-electron chi connectivity index (χ4n) is 3.42. The van der Waals surface area contributed by atoms with E-state index in [4.69, 9.17) is 0 Å². The van der Waals surface area contributed by atoms with Crippen LogP contribution in [0.15, 0.2) is 10.9 Å². The lowest BCUT2D eigenvalue weighted by Crippen LogP contribution is -2.33. The van der Waals surface area contributed by atoms with E-state index < -0.39 is 6.04 Å². The number of rotatable bonds is 3. The molecule has 2 aliphatic rings. The average Bonchev–Trinajstić information content (AvgIpc) is 3.18. The predicted molar refractivity (Wildman–Crippen MR) is 92.6 cm³/mol. The van der Waals surface area contributed by atoms with Crippen LogP contribution in [0.25, 0.3) is 0 Å². The molecule has 2 aromatic rings. The lowest BCUT2D eigenvalue weighted by Gasteiger charge is -2.14. The van der Waals surface area contributed by atoms with Gasteiger partial charge >= 0.3 is 0 Å². The van der Waals surface area contributed by atoms with Crippen molar-refractivity contribution in [2.45, 2.75) is 57.9 Å². The molecule has 6 nitrogen and oxygen atoms in total. The van der Waals surface area contributed by atoms with Crippen LogP contribution < -0.4 is 10.9 Å². The lowest BCUT2D eigenvalue weighted by atomic mass is 10.0. The Bertz CT molecular complexity index is 831. The molecule has 7 heteroatoms. The molecule has 126 valence electrons. The first kappa shape index (κ1) is 15.5. The Morgan fingerprint density at radius 1 is 1.21 bits per heavy atom. The maximum absolute atomic E-state index is 12.5. The number of carbonyl (C=O) groups excluding carboxylic acids is 1. The van der Waals surface area contributed by atoms with Crippen molar-refractivity contribution in [3.05, 3.63) is 38.2 Å². The molecule has 2 heterocycles. The van der Waals surface area contributed by atoms with Gasteiger partial charge in [0.1, 0.15) is 6.04 Å². The van der Waals surface area contributed by atoms with E-state index in [0.717, 1.165) is 55.5 Å². The third-order valence-corrected chi connectivity index (χ3v) is 5.88. The fourth-order valence-corrected chi connectivity index (χ4v) is 4.47. The number of thiazole rings is 1. The summed E-state index contributed by atoms with van der Waals surface area (Å²) in [6.07, 6.45) is 7.19. The molecule has 2 aliphatic carbocycles. The maximum Gasteiger partial charge on any atom is 0.267 e. The zero-order valence-electron chi connectivity index (χ0n) is 13.7. The average molecular weight is 344 g/mol. The zero-order valence-corrected chi connectivity index (χ0v) is 14.5. The maximum atomic E-state index is 12.5. The van der Waals surface area contributed by atoms with Gasteiger partial charge in [-0.1, -0.05) is 0 Å². The standard InChI is InChI=1S/C17H20N4O2S/c1-10(21-15(22)9-11-5-4-7-12(11)20-21)16(23)19-17-18-13-6-2-3-8-14(13)24-17/h9-10H,2-8H2,1H3,(H,18,19,23). The first-order valence-electron chi connectivity index (χ1n) is 8.53. The quantitative estimate of drug-likeness (QED) is 0.926. The summed E-state index contributed by atoms with van der Waals surface area (Å²) in [4.78, 5) is 30.6. The van der Waals surface area contributed by atoms with E-state index in [-0.39, 0.29) is 11.5 Å². The molecule has 0 saturated heterocycles. The van der Waals surface area contributed by atoms with Crippen LogP contribution in [0.3, 0.4) is 0 Å². The molecule has 0 radical (unpaired) electrons. The van der Waals surface area contributed by atoms with Gasteiger partial charge in [-0.05, 0) is 57.4 Å². The monoisotopic (exact) mass is 344 g/mol. The number of nitrogens with one attached hydrogen (secondary N) is 1. The van der Waals surface area contributed by atoms with Crippen molar-refractivity contribution < 1.29 is 4.79 Å². The molecular formula is C17H20N4O2S. The van der Waals surface area contributed by atoms with E-state index in [2.05, 4.69) is 15.4 Å². The third kappa shape index (κ3) is 2.77. The number of fused-ring (bicyclic) bond motifs is 2. The van der Waals surface area contributed by atoms with Gasteiger partial charge in [0.25, 0.3) is 11.5 Å². The van der Waals surface area contributed by atoms with Crippen LogP contribution in [0.4, 0.5) is 5.13 Å². The lowest BCUT2D eigenvalue weighted by molar-refractivity contribution is -0.119. The van der Waals surface area contributed by atoms with Crippen LogP contribution in [-0.2, 0) is 30.5 Å². The number of aromatic nitrogens is 3. The number of amides is 1. The molecule has 0 saturated carbocycles. The summed E-state index contributed by atoms with van der Waals surface area (Å²) in [7, 11) is 0. The van der Waals surface area contributed by atoms with Crippen LogP contribution in [-0.4, -0.2) is 20.7 Å². The number of hydrogen-bond acceptors (Lipinski definition) is 5. The van der Waals surface area contributed by atoms with Gasteiger partial charge in [0.15, 0.2) is 5.13 Å². The van der Waals surface area contributed by atoms with Crippen LogP contribution in [0.1, 0.15) is 54.1 Å². The molecule has 1 N–H and O–H groups in total. The van der Waals surface area contributed by atoms with Crippen LogP contribution in [0, 0.1) is 0 Å². The highest BCUT2D eigenvalue weighted by Gasteiger charge is 2.23. The van der Waals surface area contributed by atoms with E-state index >= 15 is 0 Å². The minimum Gasteiger partial charge on any atom is -0.300 e. The Morgan fingerprint density at radius 3 is 2.83 bits per heavy atom. The fraction of sp³-hybridized carbons (Fsp3) is 0.529. The van der Waals surface area contributed by atoms with Crippen molar-refractivity contribution in [3.63, 3.8) is 0 Å². The summed E-state index contributed by atoms with van der Waals surface area (Å²) < 4.78 is 1.30. The van der Waals surface area contributed by atoms with Crippen molar-refractivity contribution in [1.29, 1.82) is 0 Å². The zero-order chi connectivity index (χ0) is 16.7. The normalized spacial score (nSPS) is 17.2. The summed E-state index contributed by atoms with van der Waals surface area (Å²) >= 11 is 1.55. The highest BCUT2D eigenvalue weighted by Crippen LogP contribution is 2.29. The highest BCUT2D eigenvalue weighted by atomic mass is 32.1. The Kier molecular flexibility index (Phi) is 3.96. The molecule has 0 spiro atoms. The number of hydrogen-bond donors (Lipinski definition) is 1. The van der Waals surface area contributed by atoms with Gasteiger partial charge in [0, 0.05) is 10.9 Å². The number of anilines is 1. The first-order valence-corrected chi connectivity index (χ1v) is 9.34. The summed E-state index contributed by atoms with van der Waals surface area (Å²) in [6.45, 7) is 1.71. The van der Waals surface area contributed by atoms with E-state index in [1.54, 1.807) is 24.3 Å². The van der Waals surface area contributed by atoms with Gasteiger partial charge in [0.05, 0.1) is 11.4 Å². The second kappa shape index (κ2) is 6.12. The van der Waals surface area contributed by atoms with E-state index in [0.29, 0.717) is 5.13 Å². The third-order valence-electron chi connectivity index (χ3n) is 4.80. The van der Waals surface area contributed by atoms with Gasteiger partial charge in [-0.25, -0.2) is 9.67 Å². The summed E-state index contributed by atoms with van der Waals surface area (Å²) in [5.41, 5.74) is 2.87. The van der Waals surface area contributed by atoms with Gasteiger partial charge in [-0.2, -0.15) is 5.10 Å². The Balaban J connectivity index is 1.54. The van der Waals surface area contributed by atoms with Crippen LogP contribution in [0.5, 0.6) is 0 Å². The molecule has 0 aliphatic heterocycles. The molecular weight excluding hydrogens is 324 g/mol. The van der Waals surface area contributed by atoms with Gasteiger partial charge in [-0.3, -0.25) is 9.59 Å². The first-order chi connectivity index (χ1) is 11.6. The van der Waals surface area contributed by atoms with Crippen molar-refractivity contribution in [2.75, 3.05) is 5.32 Å². The largest absolute Gasteiger partial charge is 0.300 e. The number of aryl methyl sites for hydroxylation is 4.